The van der Waals surface area contributed by atoms with Gasteiger partial charge in [-0.25, -0.2) is 17.2 Å². The van der Waals surface area contributed by atoms with E-state index in [4.69, 9.17) is 9.26 Å². The largest absolute Gasteiger partial charge is 0.454 e. The highest BCUT2D eigenvalue weighted by atomic mass is 32.2. The normalized spacial score (nSPS) is 12.7. The van der Waals surface area contributed by atoms with Gasteiger partial charge in [0, 0.05) is 5.56 Å². The van der Waals surface area contributed by atoms with Crippen LogP contribution in [-0.2, 0) is 26.2 Å². The van der Waals surface area contributed by atoms with Gasteiger partial charge in [-0.15, -0.1) is 0 Å². The first-order valence-corrected chi connectivity index (χ1v) is 11.1. The molecule has 0 saturated carbocycles. The fourth-order valence-electron chi connectivity index (χ4n) is 2.74. The molecule has 11 heteroatoms. The molecule has 2 aromatic carbocycles. The first kappa shape index (κ1) is 23.5. The molecular formula is C21H21F2N3O5S. The molecule has 0 unspecified atom stereocenters. The van der Waals surface area contributed by atoms with E-state index in [9.17, 15) is 22.0 Å². The van der Waals surface area contributed by atoms with Gasteiger partial charge in [-0.3, -0.25) is 4.79 Å². The standard InChI is InChI=1S/C21H21F2N3O5S/c1-12(2)19(26-32(28,29)17-7-5-4-6-15(17)22)21(27)30-11-18-24-20(25-31-18)14-9-8-13(3)16(23)10-14/h4-10,12,19,26H,11H2,1-3H3/t19-/m0/s1. The second kappa shape index (κ2) is 9.53. The third-order valence-electron chi connectivity index (χ3n) is 4.56. The number of aryl methyl sites for hydroxylation is 1. The molecule has 1 heterocycles. The zero-order chi connectivity index (χ0) is 23.5. The van der Waals surface area contributed by atoms with Crippen LogP contribution in [0.5, 0.6) is 0 Å². The Morgan fingerprint density at radius 3 is 2.53 bits per heavy atom. The quantitative estimate of drug-likeness (QED) is 0.508. The molecule has 0 aliphatic heterocycles. The smallest absolute Gasteiger partial charge is 0.324 e. The van der Waals surface area contributed by atoms with E-state index >= 15 is 0 Å². The van der Waals surface area contributed by atoms with Gasteiger partial charge in [0.15, 0.2) is 6.61 Å². The number of sulfonamides is 1. The van der Waals surface area contributed by atoms with E-state index in [-0.39, 0.29) is 11.7 Å². The Bertz CT molecular complexity index is 1230. The SMILES string of the molecule is Cc1ccc(-c2noc(COC(=O)[C@@H](NS(=O)(=O)c3ccccc3F)C(C)C)n2)cc1F. The second-order valence-electron chi connectivity index (χ2n) is 7.36. The summed E-state index contributed by atoms with van der Waals surface area (Å²) in [7, 11) is -4.32. The van der Waals surface area contributed by atoms with Crippen molar-refractivity contribution in [1.29, 1.82) is 0 Å². The molecule has 0 aliphatic carbocycles. The van der Waals surface area contributed by atoms with Crippen molar-refractivity contribution in [3.8, 4) is 11.4 Å². The summed E-state index contributed by atoms with van der Waals surface area (Å²) >= 11 is 0. The summed E-state index contributed by atoms with van der Waals surface area (Å²) in [5.41, 5.74) is 0.844. The van der Waals surface area contributed by atoms with E-state index in [0.29, 0.717) is 11.1 Å². The maximum Gasteiger partial charge on any atom is 0.324 e. The van der Waals surface area contributed by atoms with Crippen molar-refractivity contribution in [2.75, 3.05) is 0 Å². The monoisotopic (exact) mass is 465 g/mol. The van der Waals surface area contributed by atoms with Gasteiger partial charge in [-0.2, -0.15) is 9.71 Å². The number of esters is 1. The van der Waals surface area contributed by atoms with Gasteiger partial charge >= 0.3 is 5.97 Å². The minimum atomic E-state index is -4.32. The minimum Gasteiger partial charge on any atom is -0.454 e. The molecule has 32 heavy (non-hydrogen) atoms. The molecule has 1 aromatic heterocycles. The highest BCUT2D eigenvalue weighted by Gasteiger charge is 2.31. The molecule has 3 aromatic rings. The highest BCUT2D eigenvalue weighted by molar-refractivity contribution is 7.89. The van der Waals surface area contributed by atoms with Crippen molar-refractivity contribution in [3.63, 3.8) is 0 Å². The number of nitrogens with zero attached hydrogens (tertiary/aromatic N) is 2. The van der Waals surface area contributed by atoms with Crippen molar-refractivity contribution in [1.82, 2.24) is 14.9 Å². The Kier molecular flexibility index (Phi) is 6.99. The van der Waals surface area contributed by atoms with Crippen molar-refractivity contribution in [2.45, 2.75) is 38.3 Å². The summed E-state index contributed by atoms with van der Waals surface area (Å²) in [5, 5.41) is 3.73. The van der Waals surface area contributed by atoms with Crippen LogP contribution in [0, 0.1) is 24.5 Å². The molecule has 1 atom stereocenters. The van der Waals surface area contributed by atoms with Crippen molar-refractivity contribution in [3.05, 3.63) is 65.6 Å². The predicted molar refractivity (Wildman–Crippen MR) is 110 cm³/mol. The molecule has 1 N–H and O–H groups in total. The van der Waals surface area contributed by atoms with Gasteiger partial charge in [-0.05, 0) is 36.6 Å². The third-order valence-corrected chi connectivity index (χ3v) is 6.04. The number of nitrogens with one attached hydrogen (secondary N) is 1. The fourth-order valence-corrected chi connectivity index (χ4v) is 4.15. The van der Waals surface area contributed by atoms with E-state index < -0.39 is 51.1 Å². The first-order chi connectivity index (χ1) is 15.1. The summed E-state index contributed by atoms with van der Waals surface area (Å²) in [4.78, 5) is 16.0. The lowest BCUT2D eigenvalue weighted by molar-refractivity contribution is -0.148. The number of hydrogen-bond acceptors (Lipinski definition) is 7. The van der Waals surface area contributed by atoms with Gasteiger partial charge in [0.25, 0.3) is 5.89 Å². The van der Waals surface area contributed by atoms with Gasteiger partial charge in [0.2, 0.25) is 15.8 Å². The number of hydrogen-bond donors (Lipinski definition) is 1. The molecule has 0 aliphatic rings. The lowest BCUT2D eigenvalue weighted by Crippen LogP contribution is -2.45. The maximum absolute atomic E-state index is 13.9. The Morgan fingerprint density at radius 1 is 1.16 bits per heavy atom. The van der Waals surface area contributed by atoms with E-state index in [0.717, 1.165) is 12.1 Å². The van der Waals surface area contributed by atoms with Gasteiger partial charge in [0.05, 0.1) is 0 Å². The zero-order valence-electron chi connectivity index (χ0n) is 17.5. The Labute approximate surface area is 183 Å². The van der Waals surface area contributed by atoms with Crippen LogP contribution in [0.4, 0.5) is 8.78 Å². The van der Waals surface area contributed by atoms with E-state index in [1.165, 1.54) is 18.2 Å². The van der Waals surface area contributed by atoms with Gasteiger partial charge in [-0.1, -0.05) is 43.3 Å². The van der Waals surface area contributed by atoms with Crippen molar-refractivity contribution < 1.29 is 31.3 Å². The summed E-state index contributed by atoms with van der Waals surface area (Å²) < 4.78 is 65.0. The number of carbonyl (C=O) groups is 1. The highest BCUT2D eigenvalue weighted by Crippen LogP contribution is 2.20. The number of ether oxygens (including phenoxy) is 1. The lowest BCUT2D eigenvalue weighted by Gasteiger charge is -2.20. The summed E-state index contributed by atoms with van der Waals surface area (Å²) in [6.07, 6.45) is 0. The van der Waals surface area contributed by atoms with E-state index in [1.807, 2.05) is 0 Å². The molecule has 0 radical (unpaired) electrons. The Morgan fingerprint density at radius 2 is 1.88 bits per heavy atom. The van der Waals surface area contributed by atoms with Crippen molar-refractivity contribution >= 4 is 16.0 Å². The summed E-state index contributed by atoms with van der Waals surface area (Å²) in [5.74, 6) is -2.73. The number of carbonyl (C=O) groups excluding carboxylic acids is 1. The zero-order valence-corrected chi connectivity index (χ0v) is 18.3. The van der Waals surface area contributed by atoms with E-state index in [1.54, 1.807) is 32.9 Å². The third kappa shape index (κ3) is 5.35. The maximum atomic E-state index is 13.9. The van der Waals surface area contributed by atoms with Crippen LogP contribution in [0.2, 0.25) is 0 Å². The number of halogens is 2. The number of rotatable bonds is 8. The van der Waals surface area contributed by atoms with E-state index in [2.05, 4.69) is 14.9 Å². The number of benzene rings is 2. The molecule has 170 valence electrons. The molecule has 8 nitrogen and oxygen atoms in total. The Balaban J connectivity index is 1.69. The van der Waals surface area contributed by atoms with Gasteiger partial charge in [0.1, 0.15) is 22.6 Å². The van der Waals surface area contributed by atoms with Crippen LogP contribution < -0.4 is 4.72 Å². The molecule has 3 rings (SSSR count). The van der Waals surface area contributed by atoms with Crippen LogP contribution in [0.25, 0.3) is 11.4 Å². The van der Waals surface area contributed by atoms with Crippen LogP contribution in [0.1, 0.15) is 25.3 Å². The molecule has 0 spiro atoms. The topological polar surface area (TPSA) is 111 Å². The van der Waals surface area contributed by atoms with Crippen LogP contribution in [0.15, 0.2) is 51.9 Å². The average Bonchev–Trinajstić information content (AvgIpc) is 3.21. The van der Waals surface area contributed by atoms with Crippen molar-refractivity contribution in [2.24, 2.45) is 5.92 Å². The molecule has 0 amide bonds. The molecule has 0 saturated heterocycles. The average molecular weight is 465 g/mol. The molecular weight excluding hydrogens is 444 g/mol. The van der Waals surface area contributed by atoms with Crippen LogP contribution in [-0.4, -0.2) is 30.6 Å². The first-order valence-electron chi connectivity index (χ1n) is 9.61. The summed E-state index contributed by atoms with van der Waals surface area (Å²) in [6.45, 7) is 4.40. The Hall–Kier alpha value is -3.18. The van der Waals surface area contributed by atoms with Gasteiger partial charge < -0.3 is 9.26 Å². The minimum absolute atomic E-state index is 0.0613. The number of aromatic nitrogens is 2. The lowest BCUT2D eigenvalue weighted by atomic mass is 10.1. The fraction of sp³-hybridized carbons (Fsp3) is 0.286. The van der Waals surface area contributed by atoms with Crippen LogP contribution in [0.3, 0.4) is 0 Å². The predicted octanol–water partition coefficient (Wildman–Crippen LogP) is 3.37. The second-order valence-corrected chi connectivity index (χ2v) is 9.04. The molecule has 0 bridgehead atoms. The summed E-state index contributed by atoms with van der Waals surface area (Å²) in [6, 6.07) is 7.97. The van der Waals surface area contributed by atoms with Crippen LogP contribution >= 0.6 is 0 Å². The molecule has 0 fully saturated rings.